The van der Waals surface area contributed by atoms with Crippen molar-refractivity contribution in [3.8, 4) is 0 Å². The third-order valence-corrected chi connectivity index (χ3v) is 5.02. The van der Waals surface area contributed by atoms with Gasteiger partial charge in [0.15, 0.2) is 0 Å². The van der Waals surface area contributed by atoms with Gasteiger partial charge in [-0.15, -0.1) is 0 Å². The van der Waals surface area contributed by atoms with E-state index >= 15 is 0 Å². The van der Waals surface area contributed by atoms with Crippen LogP contribution in [-0.2, 0) is 4.79 Å². The first kappa shape index (κ1) is 17.8. The van der Waals surface area contributed by atoms with Gasteiger partial charge in [-0.25, -0.2) is 4.79 Å². The van der Waals surface area contributed by atoms with Crippen molar-refractivity contribution in [3.05, 3.63) is 0 Å². The number of hydrogen-bond donors (Lipinski definition) is 2. The molecule has 0 aromatic rings. The van der Waals surface area contributed by atoms with Crippen LogP contribution >= 0.6 is 0 Å². The molecule has 5 nitrogen and oxygen atoms in total. The molecule has 1 rings (SSSR count). The van der Waals surface area contributed by atoms with Gasteiger partial charge in [-0.1, -0.05) is 20.8 Å². The minimum absolute atomic E-state index is 0.00609. The molecule has 1 heterocycles. The van der Waals surface area contributed by atoms with Crippen LogP contribution in [0.15, 0.2) is 0 Å². The summed E-state index contributed by atoms with van der Waals surface area (Å²) in [5.74, 6) is -0.356. The van der Waals surface area contributed by atoms with Gasteiger partial charge in [0, 0.05) is 25.0 Å². The Morgan fingerprint density at radius 1 is 1.38 bits per heavy atom. The van der Waals surface area contributed by atoms with E-state index in [4.69, 9.17) is 5.11 Å². The fraction of sp³-hybridized carbons (Fsp3) is 0.875. The molecule has 0 bridgehead atoms. The van der Waals surface area contributed by atoms with Gasteiger partial charge in [0.2, 0.25) is 0 Å². The SMILES string of the molecule is CCC(C)(CC)NC(=O)N1CCCC(C(C)CC(=O)O)C1. The Kier molecular flexibility index (Phi) is 6.49. The quantitative estimate of drug-likeness (QED) is 0.791. The topological polar surface area (TPSA) is 69.6 Å². The molecule has 0 radical (unpaired) electrons. The number of nitrogens with one attached hydrogen (secondary N) is 1. The zero-order valence-electron chi connectivity index (χ0n) is 13.8. The van der Waals surface area contributed by atoms with Crippen molar-refractivity contribution in [2.24, 2.45) is 11.8 Å². The van der Waals surface area contributed by atoms with Gasteiger partial charge in [0.1, 0.15) is 0 Å². The van der Waals surface area contributed by atoms with Crippen LogP contribution in [0.1, 0.15) is 59.8 Å². The monoisotopic (exact) mass is 298 g/mol. The van der Waals surface area contributed by atoms with Crippen molar-refractivity contribution in [3.63, 3.8) is 0 Å². The fourth-order valence-corrected chi connectivity index (χ4v) is 2.87. The summed E-state index contributed by atoms with van der Waals surface area (Å²) in [6, 6.07) is -0.00609. The van der Waals surface area contributed by atoms with Gasteiger partial charge in [-0.05, 0) is 44.4 Å². The molecule has 2 unspecified atom stereocenters. The van der Waals surface area contributed by atoms with Crippen LogP contribution < -0.4 is 5.32 Å². The van der Waals surface area contributed by atoms with Crippen molar-refractivity contribution in [1.82, 2.24) is 10.2 Å². The molecule has 2 N–H and O–H groups in total. The minimum Gasteiger partial charge on any atom is -0.481 e. The fourth-order valence-electron chi connectivity index (χ4n) is 2.87. The van der Waals surface area contributed by atoms with E-state index in [1.165, 1.54) is 0 Å². The highest BCUT2D eigenvalue weighted by molar-refractivity contribution is 5.75. The number of nitrogens with zero attached hydrogens (tertiary/aromatic N) is 1. The van der Waals surface area contributed by atoms with Crippen LogP contribution in [-0.4, -0.2) is 40.6 Å². The maximum atomic E-state index is 12.4. The van der Waals surface area contributed by atoms with Gasteiger partial charge in [0.25, 0.3) is 0 Å². The lowest BCUT2D eigenvalue weighted by atomic mass is 9.85. The van der Waals surface area contributed by atoms with Crippen molar-refractivity contribution in [2.45, 2.75) is 65.3 Å². The molecule has 1 fully saturated rings. The molecule has 0 aliphatic carbocycles. The summed E-state index contributed by atoms with van der Waals surface area (Å²) in [5, 5.41) is 12.0. The van der Waals surface area contributed by atoms with Crippen LogP contribution in [0.2, 0.25) is 0 Å². The zero-order valence-corrected chi connectivity index (χ0v) is 13.8. The summed E-state index contributed by atoms with van der Waals surface area (Å²) < 4.78 is 0. The van der Waals surface area contributed by atoms with Crippen molar-refractivity contribution >= 4 is 12.0 Å². The first-order valence-electron chi connectivity index (χ1n) is 8.10. The summed E-state index contributed by atoms with van der Waals surface area (Å²) in [6.45, 7) is 9.65. The van der Waals surface area contributed by atoms with Crippen LogP contribution in [0.4, 0.5) is 4.79 Å². The van der Waals surface area contributed by atoms with E-state index in [1.54, 1.807) is 0 Å². The molecular weight excluding hydrogens is 268 g/mol. The number of aliphatic carboxylic acids is 1. The maximum Gasteiger partial charge on any atom is 0.317 e. The number of carbonyl (C=O) groups is 2. The molecule has 0 aromatic heterocycles. The molecule has 2 amide bonds. The third-order valence-electron chi connectivity index (χ3n) is 5.02. The lowest BCUT2D eigenvalue weighted by Crippen LogP contribution is -2.53. The van der Waals surface area contributed by atoms with Gasteiger partial charge in [-0.3, -0.25) is 4.79 Å². The molecule has 1 aliphatic rings. The van der Waals surface area contributed by atoms with E-state index in [0.717, 1.165) is 32.2 Å². The summed E-state index contributed by atoms with van der Waals surface area (Å²) in [4.78, 5) is 25.1. The van der Waals surface area contributed by atoms with Crippen LogP contribution in [0.3, 0.4) is 0 Å². The Balaban J connectivity index is 2.59. The number of urea groups is 1. The molecule has 2 atom stereocenters. The Labute approximate surface area is 128 Å². The molecule has 5 heteroatoms. The molecular formula is C16H30N2O3. The smallest absolute Gasteiger partial charge is 0.317 e. The van der Waals surface area contributed by atoms with Gasteiger partial charge < -0.3 is 15.3 Å². The van der Waals surface area contributed by atoms with Crippen molar-refractivity contribution in [1.29, 1.82) is 0 Å². The molecule has 122 valence electrons. The highest BCUT2D eigenvalue weighted by Crippen LogP contribution is 2.26. The third kappa shape index (κ3) is 5.21. The van der Waals surface area contributed by atoms with E-state index in [-0.39, 0.29) is 29.8 Å². The number of hydrogen-bond acceptors (Lipinski definition) is 2. The second-order valence-electron chi connectivity index (χ2n) is 6.62. The molecule has 0 spiro atoms. The number of piperidine rings is 1. The molecule has 0 saturated carbocycles. The van der Waals surface area contributed by atoms with Crippen LogP contribution in [0.5, 0.6) is 0 Å². The number of carboxylic acids is 1. The zero-order chi connectivity index (χ0) is 16.0. The average molecular weight is 298 g/mol. The normalized spacial score (nSPS) is 21.0. The first-order valence-corrected chi connectivity index (χ1v) is 8.10. The Hall–Kier alpha value is -1.26. The van der Waals surface area contributed by atoms with Crippen molar-refractivity contribution < 1.29 is 14.7 Å². The van der Waals surface area contributed by atoms with Crippen LogP contribution in [0.25, 0.3) is 0 Å². The second-order valence-corrected chi connectivity index (χ2v) is 6.62. The number of carboxylic acid groups (broad SMARTS) is 1. The predicted molar refractivity (Wildman–Crippen MR) is 83.2 cm³/mol. The predicted octanol–water partition coefficient (Wildman–Crippen LogP) is 3.10. The van der Waals surface area contributed by atoms with E-state index in [1.807, 2.05) is 11.8 Å². The standard InChI is InChI=1S/C16H30N2O3/c1-5-16(4,6-2)17-15(21)18-9-7-8-13(11-18)12(3)10-14(19)20/h12-13H,5-11H2,1-4H3,(H,17,21)(H,19,20). The lowest BCUT2D eigenvalue weighted by molar-refractivity contribution is -0.138. The molecule has 21 heavy (non-hydrogen) atoms. The number of carbonyl (C=O) groups excluding carboxylic acids is 1. The van der Waals surface area contributed by atoms with Gasteiger partial charge >= 0.3 is 12.0 Å². The lowest BCUT2D eigenvalue weighted by Gasteiger charge is -2.38. The number of rotatable bonds is 6. The van der Waals surface area contributed by atoms with E-state index in [2.05, 4.69) is 26.1 Å². The second kappa shape index (κ2) is 7.66. The van der Waals surface area contributed by atoms with Gasteiger partial charge in [0.05, 0.1) is 0 Å². The summed E-state index contributed by atoms with van der Waals surface area (Å²) in [7, 11) is 0. The van der Waals surface area contributed by atoms with Crippen molar-refractivity contribution in [2.75, 3.05) is 13.1 Å². The number of likely N-dealkylation sites (tertiary alicyclic amines) is 1. The average Bonchev–Trinajstić information content (AvgIpc) is 2.46. The highest BCUT2D eigenvalue weighted by atomic mass is 16.4. The first-order chi connectivity index (χ1) is 9.81. The summed E-state index contributed by atoms with van der Waals surface area (Å²) >= 11 is 0. The Bertz CT molecular complexity index is 367. The Morgan fingerprint density at radius 3 is 2.52 bits per heavy atom. The van der Waals surface area contributed by atoms with E-state index in [0.29, 0.717) is 6.54 Å². The maximum absolute atomic E-state index is 12.4. The number of amides is 2. The largest absolute Gasteiger partial charge is 0.481 e. The molecule has 1 aliphatic heterocycles. The Morgan fingerprint density at radius 2 is 2.00 bits per heavy atom. The minimum atomic E-state index is -0.756. The molecule has 0 aromatic carbocycles. The van der Waals surface area contributed by atoms with E-state index < -0.39 is 5.97 Å². The van der Waals surface area contributed by atoms with Gasteiger partial charge in [-0.2, -0.15) is 0 Å². The summed E-state index contributed by atoms with van der Waals surface area (Å²) in [5.41, 5.74) is -0.156. The molecule has 1 saturated heterocycles. The van der Waals surface area contributed by atoms with E-state index in [9.17, 15) is 9.59 Å². The highest BCUT2D eigenvalue weighted by Gasteiger charge is 2.31. The van der Waals surface area contributed by atoms with Crippen LogP contribution in [0, 0.1) is 11.8 Å². The summed E-state index contributed by atoms with van der Waals surface area (Å²) in [6.07, 6.45) is 3.96.